The lowest BCUT2D eigenvalue weighted by atomic mass is 9.88. The molecule has 0 N–H and O–H groups in total. The SMILES string of the molecule is COc1ccc(-n2c(C3CCCCC3)nc3c(c(=O)c4ccccc4n3C)c2=O)cc1Cl. The number of nitrogens with zero attached hydrogens (tertiary/aromatic N) is 3. The summed E-state index contributed by atoms with van der Waals surface area (Å²) in [5.41, 5.74) is 1.12. The van der Waals surface area contributed by atoms with Gasteiger partial charge in [0.05, 0.1) is 23.3 Å². The van der Waals surface area contributed by atoms with Gasteiger partial charge < -0.3 is 9.30 Å². The number of aryl methyl sites for hydroxylation is 1. The normalized spacial score (nSPS) is 14.8. The van der Waals surface area contributed by atoms with E-state index in [1.807, 2.05) is 23.7 Å². The van der Waals surface area contributed by atoms with Crippen molar-refractivity contribution in [3.63, 3.8) is 0 Å². The molecule has 2 heterocycles. The van der Waals surface area contributed by atoms with Gasteiger partial charge in [0.1, 0.15) is 17.0 Å². The Bertz CT molecular complexity index is 1470. The average Bonchev–Trinajstić information content (AvgIpc) is 2.82. The van der Waals surface area contributed by atoms with Crippen LogP contribution in [0.15, 0.2) is 52.1 Å². The van der Waals surface area contributed by atoms with Gasteiger partial charge in [0, 0.05) is 18.4 Å². The van der Waals surface area contributed by atoms with Crippen molar-refractivity contribution in [2.45, 2.75) is 38.0 Å². The lowest BCUT2D eigenvalue weighted by molar-refractivity contribution is 0.414. The first kappa shape index (κ1) is 20.8. The summed E-state index contributed by atoms with van der Waals surface area (Å²) in [6.45, 7) is 0. The minimum absolute atomic E-state index is 0.0951. The van der Waals surface area contributed by atoms with Crippen LogP contribution in [-0.4, -0.2) is 21.2 Å². The first-order valence-corrected chi connectivity index (χ1v) is 11.3. The summed E-state index contributed by atoms with van der Waals surface area (Å²) in [7, 11) is 3.41. The van der Waals surface area contributed by atoms with Gasteiger partial charge in [-0.15, -0.1) is 0 Å². The molecule has 0 spiro atoms. The summed E-state index contributed by atoms with van der Waals surface area (Å²) in [6.07, 6.45) is 5.30. The number of benzene rings is 2. The fourth-order valence-electron chi connectivity index (χ4n) is 4.85. The molecular weight excluding hydrogens is 426 g/mol. The smallest absolute Gasteiger partial charge is 0.271 e. The number of halogens is 1. The molecule has 0 amide bonds. The topological polar surface area (TPSA) is 66.1 Å². The van der Waals surface area contributed by atoms with Crippen LogP contribution in [0.1, 0.15) is 43.8 Å². The Hall–Kier alpha value is -3.12. The van der Waals surface area contributed by atoms with Crippen LogP contribution in [0.5, 0.6) is 5.75 Å². The quantitative estimate of drug-likeness (QED) is 0.415. The lowest BCUT2D eigenvalue weighted by Crippen LogP contribution is -2.31. The van der Waals surface area contributed by atoms with Gasteiger partial charge in [-0.1, -0.05) is 43.0 Å². The van der Waals surface area contributed by atoms with E-state index in [9.17, 15) is 9.59 Å². The van der Waals surface area contributed by atoms with Gasteiger partial charge in [0.15, 0.2) is 5.65 Å². The van der Waals surface area contributed by atoms with Crippen molar-refractivity contribution in [1.29, 1.82) is 0 Å². The molecule has 0 radical (unpaired) electrons. The maximum absolute atomic E-state index is 13.9. The zero-order valence-corrected chi connectivity index (χ0v) is 18.9. The minimum Gasteiger partial charge on any atom is -0.495 e. The minimum atomic E-state index is -0.358. The van der Waals surface area contributed by atoms with E-state index >= 15 is 0 Å². The predicted molar refractivity (Wildman–Crippen MR) is 127 cm³/mol. The van der Waals surface area contributed by atoms with Gasteiger partial charge in [-0.2, -0.15) is 0 Å². The Morgan fingerprint density at radius 3 is 2.53 bits per heavy atom. The van der Waals surface area contributed by atoms with Crippen molar-refractivity contribution in [2.75, 3.05) is 7.11 Å². The first-order chi connectivity index (χ1) is 15.5. The molecule has 0 bridgehead atoms. The summed E-state index contributed by atoms with van der Waals surface area (Å²) >= 11 is 6.40. The Labute approximate surface area is 190 Å². The zero-order chi connectivity index (χ0) is 22.4. The largest absolute Gasteiger partial charge is 0.495 e. The third-order valence-corrected chi connectivity index (χ3v) is 6.80. The highest BCUT2D eigenvalue weighted by molar-refractivity contribution is 6.32. The fourth-order valence-corrected chi connectivity index (χ4v) is 5.10. The maximum Gasteiger partial charge on any atom is 0.271 e. The van der Waals surface area contributed by atoms with E-state index in [-0.39, 0.29) is 22.3 Å². The molecule has 1 aliphatic carbocycles. The number of para-hydroxylation sites is 1. The number of pyridine rings is 1. The number of hydrogen-bond donors (Lipinski definition) is 0. The third-order valence-electron chi connectivity index (χ3n) is 6.51. The van der Waals surface area contributed by atoms with E-state index < -0.39 is 0 Å². The predicted octanol–water partition coefficient (Wildman–Crippen LogP) is 4.95. The van der Waals surface area contributed by atoms with Crippen molar-refractivity contribution in [2.24, 2.45) is 7.05 Å². The standard InChI is InChI=1S/C25H24ClN3O3/c1-28-19-11-7-6-10-17(19)22(30)21-24(28)27-23(15-8-4-3-5-9-15)29(25(21)31)16-12-13-20(32-2)18(26)14-16/h6-7,10-15H,3-5,8-9H2,1-2H3. The van der Waals surface area contributed by atoms with Crippen molar-refractivity contribution in [3.05, 3.63) is 73.9 Å². The summed E-state index contributed by atoms with van der Waals surface area (Å²) in [5, 5.41) is 1.00. The molecule has 2 aromatic heterocycles. The van der Waals surface area contributed by atoms with Crippen molar-refractivity contribution < 1.29 is 4.74 Å². The molecule has 0 aliphatic heterocycles. The van der Waals surface area contributed by atoms with Crippen LogP contribution in [0.2, 0.25) is 5.02 Å². The Kier molecular flexibility index (Phi) is 5.25. The van der Waals surface area contributed by atoms with Crippen LogP contribution in [0.3, 0.4) is 0 Å². The summed E-state index contributed by atoms with van der Waals surface area (Å²) in [4.78, 5) is 32.3. The van der Waals surface area contributed by atoms with Crippen LogP contribution >= 0.6 is 11.6 Å². The van der Waals surface area contributed by atoms with Crippen LogP contribution in [-0.2, 0) is 7.05 Å². The van der Waals surface area contributed by atoms with Gasteiger partial charge in [0.2, 0.25) is 5.43 Å². The fraction of sp³-hybridized carbons (Fsp3) is 0.320. The van der Waals surface area contributed by atoms with Crippen LogP contribution in [0, 0.1) is 0 Å². The van der Waals surface area contributed by atoms with Crippen LogP contribution < -0.4 is 15.7 Å². The molecule has 5 rings (SSSR count). The zero-order valence-electron chi connectivity index (χ0n) is 18.1. The van der Waals surface area contributed by atoms with Gasteiger partial charge >= 0.3 is 0 Å². The van der Waals surface area contributed by atoms with E-state index in [4.69, 9.17) is 21.3 Å². The van der Waals surface area contributed by atoms with E-state index in [0.717, 1.165) is 31.2 Å². The third kappa shape index (κ3) is 3.21. The molecule has 32 heavy (non-hydrogen) atoms. The van der Waals surface area contributed by atoms with Gasteiger partial charge in [-0.3, -0.25) is 14.2 Å². The molecule has 0 unspecified atom stereocenters. The van der Waals surface area contributed by atoms with Crippen LogP contribution in [0.25, 0.3) is 27.6 Å². The highest BCUT2D eigenvalue weighted by Crippen LogP contribution is 2.34. The molecule has 2 aromatic carbocycles. The highest BCUT2D eigenvalue weighted by Gasteiger charge is 2.25. The number of aromatic nitrogens is 3. The van der Waals surface area contributed by atoms with Crippen LogP contribution in [0.4, 0.5) is 0 Å². The second-order valence-corrected chi connectivity index (χ2v) is 8.78. The number of fused-ring (bicyclic) bond motifs is 2. The van der Waals surface area contributed by atoms with E-state index in [2.05, 4.69) is 0 Å². The second kappa shape index (κ2) is 8.10. The lowest BCUT2D eigenvalue weighted by Gasteiger charge is -2.25. The molecule has 4 aromatic rings. The number of methoxy groups -OCH3 is 1. The Morgan fingerprint density at radius 1 is 1.06 bits per heavy atom. The van der Waals surface area contributed by atoms with Gasteiger partial charge in [-0.25, -0.2) is 4.98 Å². The summed E-state index contributed by atoms with van der Waals surface area (Å²) < 4.78 is 8.71. The molecule has 1 saturated carbocycles. The monoisotopic (exact) mass is 449 g/mol. The second-order valence-electron chi connectivity index (χ2n) is 8.37. The first-order valence-electron chi connectivity index (χ1n) is 10.9. The van der Waals surface area contributed by atoms with E-state index in [1.165, 1.54) is 6.42 Å². The Morgan fingerprint density at radius 2 is 1.81 bits per heavy atom. The number of hydrogen-bond acceptors (Lipinski definition) is 4. The van der Waals surface area contributed by atoms with E-state index in [1.54, 1.807) is 42.0 Å². The molecular formula is C25H24ClN3O3. The summed E-state index contributed by atoms with van der Waals surface area (Å²) in [5.74, 6) is 1.36. The maximum atomic E-state index is 13.9. The molecule has 6 nitrogen and oxygen atoms in total. The highest BCUT2D eigenvalue weighted by atomic mass is 35.5. The average molecular weight is 450 g/mol. The van der Waals surface area contributed by atoms with E-state index in [0.29, 0.717) is 33.3 Å². The Balaban J connectivity index is 1.91. The van der Waals surface area contributed by atoms with Gasteiger partial charge in [-0.05, 0) is 43.2 Å². The molecule has 1 fully saturated rings. The van der Waals surface area contributed by atoms with Gasteiger partial charge in [0.25, 0.3) is 5.56 Å². The van der Waals surface area contributed by atoms with Crippen molar-refractivity contribution >= 4 is 33.5 Å². The summed E-state index contributed by atoms with van der Waals surface area (Å²) in [6, 6.07) is 12.5. The molecule has 164 valence electrons. The van der Waals surface area contributed by atoms with Crippen molar-refractivity contribution in [3.8, 4) is 11.4 Å². The number of ether oxygens (including phenoxy) is 1. The molecule has 7 heteroatoms. The van der Waals surface area contributed by atoms with Crippen molar-refractivity contribution in [1.82, 2.24) is 14.1 Å². The molecule has 0 atom stereocenters. The molecule has 0 saturated heterocycles. The number of rotatable bonds is 3. The molecule has 1 aliphatic rings.